The van der Waals surface area contributed by atoms with Crippen LogP contribution in [0.15, 0.2) is 59.4 Å². The van der Waals surface area contributed by atoms with Gasteiger partial charge in [0, 0.05) is 5.56 Å². The van der Waals surface area contributed by atoms with Crippen LogP contribution in [-0.4, -0.2) is 32.7 Å². The molecule has 28 heavy (non-hydrogen) atoms. The summed E-state index contributed by atoms with van der Waals surface area (Å²) in [7, 11) is 1.29. The van der Waals surface area contributed by atoms with Gasteiger partial charge in [-0.3, -0.25) is 14.7 Å². The molecule has 0 bridgehead atoms. The zero-order valence-electron chi connectivity index (χ0n) is 15.5. The van der Waals surface area contributed by atoms with Crippen molar-refractivity contribution in [3.63, 3.8) is 0 Å². The Morgan fingerprint density at radius 2 is 1.75 bits per heavy atom. The number of methoxy groups -OCH3 is 1. The highest BCUT2D eigenvalue weighted by Gasteiger charge is 2.17. The molecule has 0 atom stereocenters. The Kier molecular flexibility index (Phi) is 4.49. The van der Waals surface area contributed by atoms with Crippen LogP contribution >= 0.6 is 0 Å². The minimum Gasteiger partial charge on any atom is -0.469 e. The lowest BCUT2D eigenvalue weighted by Crippen LogP contribution is -2.24. The number of carbonyl (C=O) groups is 1. The van der Waals surface area contributed by atoms with Crippen molar-refractivity contribution in [2.75, 3.05) is 7.11 Å². The summed E-state index contributed by atoms with van der Waals surface area (Å²) in [4.78, 5) is 33.2. The number of nitrogens with zero attached hydrogens (tertiary/aromatic N) is 3. The van der Waals surface area contributed by atoms with Crippen molar-refractivity contribution < 1.29 is 9.53 Å². The molecule has 0 spiro atoms. The van der Waals surface area contributed by atoms with Crippen LogP contribution in [0.3, 0.4) is 0 Å². The fourth-order valence-corrected chi connectivity index (χ4v) is 3.08. The SMILES string of the molecule is COC(=O)Cc1c(C)nc2nc(-c3cccc(-c4ccccc4)c3)[nH]n2c1=O. The molecule has 2 aromatic heterocycles. The summed E-state index contributed by atoms with van der Waals surface area (Å²) in [6, 6.07) is 17.9. The highest BCUT2D eigenvalue weighted by molar-refractivity contribution is 5.73. The number of H-pyrrole nitrogens is 1. The monoisotopic (exact) mass is 374 g/mol. The number of aromatic nitrogens is 4. The standard InChI is InChI=1S/C21H18N4O3/c1-13-17(12-18(26)28-2)20(27)25-21(22-13)23-19(24-25)16-10-6-9-15(11-16)14-7-4-3-5-8-14/h3-11H,12H2,1-2H3,(H,22,23,24). The molecule has 4 aromatic rings. The molecule has 0 saturated carbocycles. The predicted molar refractivity (Wildman–Crippen MR) is 105 cm³/mol. The molecule has 0 fully saturated rings. The van der Waals surface area contributed by atoms with Crippen LogP contribution in [0.4, 0.5) is 0 Å². The van der Waals surface area contributed by atoms with E-state index in [0.717, 1.165) is 16.7 Å². The van der Waals surface area contributed by atoms with E-state index in [2.05, 4.69) is 19.8 Å². The molecule has 0 unspecified atom stereocenters. The first kappa shape index (κ1) is 17.7. The molecule has 0 aliphatic heterocycles. The van der Waals surface area contributed by atoms with Crippen LogP contribution < -0.4 is 5.56 Å². The molecule has 0 amide bonds. The molecule has 2 heterocycles. The average Bonchev–Trinajstić information content (AvgIpc) is 3.16. The number of benzene rings is 2. The second-order valence-electron chi connectivity index (χ2n) is 6.39. The van der Waals surface area contributed by atoms with Gasteiger partial charge in [0.2, 0.25) is 0 Å². The van der Waals surface area contributed by atoms with Crippen molar-refractivity contribution >= 4 is 11.7 Å². The maximum atomic E-state index is 12.8. The molecule has 0 saturated heterocycles. The van der Waals surface area contributed by atoms with Crippen molar-refractivity contribution in [3.8, 4) is 22.5 Å². The average molecular weight is 374 g/mol. The highest BCUT2D eigenvalue weighted by Crippen LogP contribution is 2.24. The lowest BCUT2D eigenvalue weighted by atomic mass is 10.0. The zero-order chi connectivity index (χ0) is 19.7. The molecule has 0 aliphatic rings. The molecular weight excluding hydrogens is 356 g/mol. The first-order valence-electron chi connectivity index (χ1n) is 8.78. The molecular formula is C21H18N4O3. The molecule has 1 N–H and O–H groups in total. The van der Waals surface area contributed by atoms with Gasteiger partial charge in [-0.25, -0.2) is 4.98 Å². The fourth-order valence-electron chi connectivity index (χ4n) is 3.08. The number of nitrogens with one attached hydrogen (secondary N) is 1. The second-order valence-corrected chi connectivity index (χ2v) is 6.39. The van der Waals surface area contributed by atoms with Gasteiger partial charge < -0.3 is 4.74 Å². The maximum Gasteiger partial charge on any atom is 0.310 e. The smallest absolute Gasteiger partial charge is 0.310 e. The van der Waals surface area contributed by atoms with Crippen molar-refractivity contribution in [2.24, 2.45) is 0 Å². The largest absolute Gasteiger partial charge is 0.469 e. The minimum atomic E-state index is -0.489. The number of hydrogen-bond acceptors (Lipinski definition) is 5. The number of aromatic amines is 1. The van der Waals surface area contributed by atoms with Gasteiger partial charge in [0.1, 0.15) is 0 Å². The summed E-state index contributed by atoms with van der Waals surface area (Å²) in [6.45, 7) is 1.68. The van der Waals surface area contributed by atoms with Crippen LogP contribution in [0.5, 0.6) is 0 Å². The van der Waals surface area contributed by atoms with Crippen LogP contribution in [0, 0.1) is 6.92 Å². The van der Waals surface area contributed by atoms with Crippen LogP contribution in [0.25, 0.3) is 28.3 Å². The Morgan fingerprint density at radius 3 is 2.50 bits per heavy atom. The van der Waals surface area contributed by atoms with Gasteiger partial charge >= 0.3 is 5.97 Å². The first-order valence-corrected chi connectivity index (χ1v) is 8.78. The number of hydrogen-bond donors (Lipinski definition) is 1. The predicted octanol–water partition coefficient (Wildman–Crippen LogP) is 2.78. The Hall–Kier alpha value is -3.74. The quantitative estimate of drug-likeness (QED) is 0.555. The van der Waals surface area contributed by atoms with Crippen molar-refractivity contribution in [2.45, 2.75) is 13.3 Å². The van der Waals surface area contributed by atoms with Gasteiger partial charge in [-0.15, -0.1) is 0 Å². The summed E-state index contributed by atoms with van der Waals surface area (Å²) >= 11 is 0. The molecule has 140 valence electrons. The number of rotatable bonds is 4. The highest BCUT2D eigenvalue weighted by atomic mass is 16.5. The van der Waals surface area contributed by atoms with Gasteiger partial charge in [-0.05, 0) is 24.1 Å². The van der Waals surface area contributed by atoms with E-state index >= 15 is 0 Å². The third-order valence-corrected chi connectivity index (χ3v) is 4.59. The maximum absolute atomic E-state index is 12.8. The lowest BCUT2D eigenvalue weighted by molar-refractivity contribution is -0.139. The number of fused-ring (bicyclic) bond motifs is 1. The zero-order valence-corrected chi connectivity index (χ0v) is 15.5. The van der Waals surface area contributed by atoms with Crippen molar-refractivity contribution in [1.82, 2.24) is 19.6 Å². The first-order chi connectivity index (χ1) is 13.6. The van der Waals surface area contributed by atoms with E-state index in [-0.39, 0.29) is 23.3 Å². The fraction of sp³-hybridized carbons (Fsp3) is 0.143. The van der Waals surface area contributed by atoms with Gasteiger partial charge in [0.05, 0.1) is 24.8 Å². The molecule has 7 nitrogen and oxygen atoms in total. The Bertz CT molecular complexity index is 1230. The Balaban J connectivity index is 1.80. The van der Waals surface area contributed by atoms with Crippen LogP contribution in [0.1, 0.15) is 11.3 Å². The molecule has 2 aromatic carbocycles. The number of esters is 1. The van der Waals surface area contributed by atoms with E-state index in [1.54, 1.807) is 6.92 Å². The lowest BCUT2D eigenvalue weighted by Gasteiger charge is -2.03. The summed E-state index contributed by atoms with van der Waals surface area (Å²) < 4.78 is 5.92. The molecule has 0 radical (unpaired) electrons. The summed E-state index contributed by atoms with van der Waals surface area (Å²) in [5.74, 6) is 0.297. The molecule has 7 heteroatoms. The van der Waals surface area contributed by atoms with E-state index in [0.29, 0.717) is 11.5 Å². The summed E-state index contributed by atoms with van der Waals surface area (Å²) in [6.07, 6.45) is -0.130. The third kappa shape index (κ3) is 3.18. The van der Waals surface area contributed by atoms with E-state index in [1.165, 1.54) is 11.6 Å². The normalized spacial score (nSPS) is 10.9. The van der Waals surface area contributed by atoms with Gasteiger partial charge in [-0.1, -0.05) is 48.5 Å². The van der Waals surface area contributed by atoms with Crippen LogP contribution in [0.2, 0.25) is 0 Å². The van der Waals surface area contributed by atoms with E-state index in [1.807, 2.05) is 54.6 Å². The number of aryl methyl sites for hydroxylation is 1. The van der Waals surface area contributed by atoms with Crippen molar-refractivity contribution in [3.05, 3.63) is 76.2 Å². The van der Waals surface area contributed by atoms with E-state index in [9.17, 15) is 9.59 Å². The third-order valence-electron chi connectivity index (χ3n) is 4.59. The van der Waals surface area contributed by atoms with E-state index < -0.39 is 5.97 Å². The summed E-state index contributed by atoms with van der Waals surface area (Å²) in [5, 5.41) is 3.00. The van der Waals surface area contributed by atoms with Gasteiger partial charge in [-0.2, -0.15) is 9.50 Å². The van der Waals surface area contributed by atoms with Gasteiger partial charge in [0.25, 0.3) is 11.3 Å². The Morgan fingerprint density at radius 1 is 1.04 bits per heavy atom. The molecule has 4 rings (SSSR count). The van der Waals surface area contributed by atoms with Crippen LogP contribution in [-0.2, 0) is 16.0 Å². The Labute approximate surface area is 160 Å². The van der Waals surface area contributed by atoms with E-state index in [4.69, 9.17) is 0 Å². The minimum absolute atomic E-state index is 0.130. The molecule has 0 aliphatic carbocycles. The summed E-state index contributed by atoms with van der Waals surface area (Å²) in [5.41, 5.74) is 3.36. The van der Waals surface area contributed by atoms with Crippen molar-refractivity contribution in [1.29, 1.82) is 0 Å². The van der Waals surface area contributed by atoms with Gasteiger partial charge in [0.15, 0.2) is 5.82 Å². The topological polar surface area (TPSA) is 89.3 Å². The number of carbonyl (C=O) groups excluding carboxylic acids is 1. The number of ether oxygens (including phenoxy) is 1. The second kappa shape index (κ2) is 7.11.